The highest BCUT2D eigenvalue weighted by Crippen LogP contribution is 2.36. The molecule has 1 saturated heterocycles. The van der Waals surface area contributed by atoms with Gasteiger partial charge in [0.05, 0.1) is 37.9 Å². The number of aliphatic hydroxyl groups is 4. The van der Waals surface area contributed by atoms with E-state index in [1.807, 2.05) is 54.0 Å². The van der Waals surface area contributed by atoms with Crippen LogP contribution >= 0.6 is 11.8 Å². The van der Waals surface area contributed by atoms with Crippen LogP contribution in [-0.2, 0) is 11.3 Å². The second-order valence-electron chi connectivity index (χ2n) is 8.12. The number of fused-ring (bicyclic) bond motifs is 1. The van der Waals surface area contributed by atoms with Crippen LogP contribution in [0.25, 0.3) is 11.0 Å². The lowest BCUT2D eigenvalue weighted by Crippen LogP contribution is -2.57. The van der Waals surface area contributed by atoms with E-state index in [9.17, 15) is 20.4 Å². The van der Waals surface area contributed by atoms with E-state index in [0.29, 0.717) is 29.8 Å². The predicted octanol–water partition coefficient (Wildman–Crippen LogP) is 1.77. The molecule has 1 aliphatic rings. The van der Waals surface area contributed by atoms with E-state index in [4.69, 9.17) is 19.2 Å². The first-order valence-electron chi connectivity index (χ1n) is 11.2. The van der Waals surface area contributed by atoms with Gasteiger partial charge in [0.2, 0.25) is 0 Å². The molecule has 184 valence electrons. The molecule has 9 nitrogen and oxygen atoms in total. The summed E-state index contributed by atoms with van der Waals surface area (Å²) in [4.78, 5) is 4.71. The number of rotatable bonds is 9. The molecule has 1 aliphatic heterocycles. The summed E-state index contributed by atoms with van der Waals surface area (Å²) >= 11 is 1.13. The molecule has 5 unspecified atom stereocenters. The maximum absolute atomic E-state index is 10.5. The minimum atomic E-state index is -1.44. The lowest BCUT2D eigenvalue weighted by atomic mass is 10.0. The van der Waals surface area contributed by atoms with Gasteiger partial charge in [0.15, 0.2) is 16.7 Å². The number of imidazole rings is 1. The van der Waals surface area contributed by atoms with E-state index in [0.717, 1.165) is 34.8 Å². The average Bonchev–Trinajstić information content (AvgIpc) is 3.20. The van der Waals surface area contributed by atoms with Gasteiger partial charge in [-0.3, -0.25) is 0 Å². The second kappa shape index (κ2) is 10.9. The summed E-state index contributed by atoms with van der Waals surface area (Å²) in [6, 6.07) is 13.4. The van der Waals surface area contributed by atoms with Gasteiger partial charge in [-0.2, -0.15) is 0 Å². The standard InChI is InChI=1S/C24H30N2O7S/c1-3-10-32-17-9-8-14(11-18(17)31-2)12-26-16-7-5-4-6-15(16)25-24(26)34-23-22(30)21(29)20(28)19(13-27)33-23/h4-9,11,19-23,27-30H,3,10,12-13H2,1-2H3. The summed E-state index contributed by atoms with van der Waals surface area (Å²) in [7, 11) is 1.60. The number of thioether (sulfide) groups is 1. The van der Waals surface area contributed by atoms with Gasteiger partial charge in [0.25, 0.3) is 0 Å². The molecule has 2 aromatic carbocycles. The van der Waals surface area contributed by atoms with E-state index in [1.54, 1.807) is 7.11 Å². The number of benzene rings is 2. The average molecular weight is 491 g/mol. The normalized spacial score (nSPS) is 24.9. The van der Waals surface area contributed by atoms with Crippen molar-refractivity contribution in [3.05, 3.63) is 48.0 Å². The van der Waals surface area contributed by atoms with Crippen molar-refractivity contribution in [1.29, 1.82) is 0 Å². The highest BCUT2D eigenvalue weighted by molar-refractivity contribution is 7.99. The molecular weight excluding hydrogens is 460 g/mol. The van der Waals surface area contributed by atoms with E-state index in [1.165, 1.54) is 0 Å². The minimum absolute atomic E-state index is 0.463. The van der Waals surface area contributed by atoms with Gasteiger partial charge in [0.1, 0.15) is 29.9 Å². The fourth-order valence-electron chi connectivity index (χ4n) is 3.89. The van der Waals surface area contributed by atoms with Gasteiger partial charge in [-0.25, -0.2) is 4.98 Å². The van der Waals surface area contributed by atoms with Crippen LogP contribution in [0.4, 0.5) is 0 Å². The smallest absolute Gasteiger partial charge is 0.171 e. The quantitative estimate of drug-likeness (QED) is 0.355. The number of aromatic nitrogens is 2. The fourth-order valence-corrected chi connectivity index (χ4v) is 5.04. The van der Waals surface area contributed by atoms with E-state index < -0.39 is 36.5 Å². The van der Waals surface area contributed by atoms with Crippen molar-refractivity contribution < 1.29 is 34.6 Å². The summed E-state index contributed by atoms with van der Waals surface area (Å²) in [6.07, 6.45) is -4.29. The van der Waals surface area contributed by atoms with Gasteiger partial charge in [-0.05, 0) is 36.2 Å². The molecule has 4 rings (SSSR count). The highest BCUT2D eigenvalue weighted by Gasteiger charge is 2.44. The maximum atomic E-state index is 10.5. The third-order valence-electron chi connectivity index (χ3n) is 5.72. The lowest BCUT2D eigenvalue weighted by molar-refractivity contribution is -0.205. The van der Waals surface area contributed by atoms with E-state index >= 15 is 0 Å². The predicted molar refractivity (Wildman–Crippen MR) is 127 cm³/mol. The zero-order chi connectivity index (χ0) is 24.2. The van der Waals surface area contributed by atoms with Gasteiger partial charge < -0.3 is 39.2 Å². The Kier molecular flexibility index (Phi) is 7.97. The van der Waals surface area contributed by atoms with Crippen LogP contribution in [0.5, 0.6) is 11.5 Å². The largest absolute Gasteiger partial charge is 0.493 e. The molecule has 1 aromatic heterocycles. The molecule has 0 radical (unpaired) electrons. The van der Waals surface area contributed by atoms with Crippen LogP contribution in [0.1, 0.15) is 18.9 Å². The molecule has 5 atom stereocenters. The number of hydrogen-bond acceptors (Lipinski definition) is 9. The molecule has 0 saturated carbocycles. The molecular formula is C24H30N2O7S. The summed E-state index contributed by atoms with van der Waals surface area (Å²) in [5.41, 5.74) is 1.69. The van der Waals surface area contributed by atoms with Crippen molar-refractivity contribution in [3.63, 3.8) is 0 Å². The molecule has 3 aromatic rings. The number of methoxy groups -OCH3 is 1. The first-order valence-corrected chi connectivity index (χ1v) is 12.1. The third kappa shape index (κ3) is 5.02. The van der Waals surface area contributed by atoms with Crippen molar-refractivity contribution >= 4 is 22.8 Å². The SMILES string of the molecule is CCCOc1ccc(Cn2c(SC3OC(CO)C(O)C(O)C3O)nc3ccccc32)cc1OC. The number of ether oxygens (including phenoxy) is 3. The number of para-hydroxylation sites is 2. The number of nitrogens with zero attached hydrogens (tertiary/aromatic N) is 2. The van der Waals surface area contributed by atoms with Crippen LogP contribution < -0.4 is 9.47 Å². The summed E-state index contributed by atoms with van der Waals surface area (Å²) < 4.78 is 19.0. The minimum Gasteiger partial charge on any atom is -0.493 e. The Morgan fingerprint density at radius 3 is 2.59 bits per heavy atom. The Hall–Kier alpha value is -2.34. The molecule has 0 bridgehead atoms. The lowest BCUT2D eigenvalue weighted by Gasteiger charge is -2.39. The third-order valence-corrected chi connectivity index (χ3v) is 6.86. The highest BCUT2D eigenvalue weighted by atomic mass is 32.2. The van der Waals surface area contributed by atoms with Gasteiger partial charge in [-0.15, -0.1) is 0 Å². The monoisotopic (exact) mass is 490 g/mol. The number of aliphatic hydroxyl groups excluding tert-OH is 4. The zero-order valence-corrected chi connectivity index (χ0v) is 19.9. The van der Waals surface area contributed by atoms with Crippen molar-refractivity contribution in [3.8, 4) is 11.5 Å². The van der Waals surface area contributed by atoms with E-state index in [-0.39, 0.29) is 0 Å². The molecule has 1 fully saturated rings. The van der Waals surface area contributed by atoms with Crippen LogP contribution in [0.15, 0.2) is 47.6 Å². The van der Waals surface area contributed by atoms with Gasteiger partial charge >= 0.3 is 0 Å². The molecule has 10 heteroatoms. The van der Waals surface area contributed by atoms with Gasteiger partial charge in [-0.1, -0.05) is 36.9 Å². The second-order valence-corrected chi connectivity index (χ2v) is 9.18. The topological polar surface area (TPSA) is 126 Å². The Morgan fingerprint density at radius 1 is 1.06 bits per heavy atom. The Balaban J connectivity index is 1.65. The van der Waals surface area contributed by atoms with Gasteiger partial charge in [0, 0.05) is 0 Å². The van der Waals surface area contributed by atoms with Crippen LogP contribution in [0.3, 0.4) is 0 Å². The summed E-state index contributed by atoms with van der Waals surface area (Å²) in [6.45, 7) is 2.62. The molecule has 4 N–H and O–H groups in total. The first kappa shape index (κ1) is 24.8. The van der Waals surface area contributed by atoms with Crippen molar-refractivity contribution in [2.24, 2.45) is 0 Å². The maximum Gasteiger partial charge on any atom is 0.171 e. The molecule has 0 aliphatic carbocycles. The zero-order valence-electron chi connectivity index (χ0n) is 19.1. The van der Waals surface area contributed by atoms with Crippen LogP contribution in [0.2, 0.25) is 0 Å². The molecule has 2 heterocycles. The molecule has 0 spiro atoms. The Bertz CT molecular complexity index is 1110. The summed E-state index contributed by atoms with van der Waals surface area (Å²) in [5.74, 6) is 1.32. The van der Waals surface area contributed by atoms with Crippen LogP contribution in [0, 0.1) is 0 Å². The van der Waals surface area contributed by atoms with Crippen molar-refractivity contribution in [1.82, 2.24) is 9.55 Å². The molecule has 34 heavy (non-hydrogen) atoms. The van der Waals surface area contributed by atoms with Crippen LogP contribution in [-0.4, -0.2) is 80.2 Å². The van der Waals surface area contributed by atoms with E-state index in [2.05, 4.69) is 0 Å². The van der Waals surface area contributed by atoms with Crippen molar-refractivity contribution in [2.75, 3.05) is 20.3 Å². The summed E-state index contributed by atoms with van der Waals surface area (Å²) in [5, 5.41) is 40.8. The molecule has 0 amide bonds. The van der Waals surface area contributed by atoms with Crippen molar-refractivity contribution in [2.45, 2.75) is 54.9 Å². The fraction of sp³-hybridized carbons (Fsp3) is 0.458. The number of hydrogen-bond donors (Lipinski definition) is 4. The Labute approximate surface area is 201 Å². The first-order chi connectivity index (χ1) is 16.5. The Morgan fingerprint density at radius 2 is 1.85 bits per heavy atom.